The van der Waals surface area contributed by atoms with E-state index in [1.807, 2.05) is 31.2 Å². The zero-order chi connectivity index (χ0) is 20.2. The summed E-state index contributed by atoms with van der Waals surface area (Å²) >= 11 is 0. The van der Waals surface area contributed by atoms with Gasteiger partial charge in [-0.3, -0.25) is 4.79 Å². The van der Waals surface area contributed by atoms with Crippen LogP contribution in [-0.4, -0.2) is 42.1 Å². The average Bonchev–Trinajstić information content (AvgIpc) is 2.75. The van der Waals surface area contributed by atoms with E-state index in [4.69, 9.17) is 4.74 Å². The molecule has 7 heteroatoms. The number of fused-ring (bicyclic) bond motifs is 1. The molecule has 0 spiro atoms. The monoisotopic (exact) mass is 391 g/mol. The molecule has 1 amide bonds. The van der Waals surface area contributed by atoms with Gasteiger partial charge in [-0.1, -0.05) is 18.2 Å². The zero-order valence-corrected chi connectivity index (χ0v) is 16.7. The topological polar surface area (TPSA) is 88.2 Å². The minimum Gasteiger partial charge on any atom is -0.495 e. The van der Waals surface area contributed by atoms with E-state index in [1.165, 1.54) is 0 Å². The van der Waals surface area contributed by atoms with Crippen molar-refractivity contribution in [3.05, 3.63) is 53.7 Å². The molecular formula is C22H25N5O2. The number of hydrogen-bond acceptors (Lipinski definition) is 6. The molecule has 1 aliphatic heterocycles. The molecule has 150 valence electrons. The van der Waals surface area contributed by atoms with Crippen LogP contribution in [0.3, 0.4) is 0 Å². The van der Waals surface area contributed by atoms with Crippen LogP contribution in [0.4, 0.5) is 11.6 Å². The van der Waals surface area contributed by atoms with Crippen LogP contribution in [0.25, 0.3) is 10.9 Å². The van der Waals surface area contributed by atoms with Gasteiger partial charge in [-0.2, -0.15) is 0 Å². The molecule has 0 aliphatic carbocycles. The smallest absolute Gasteiger partial charge is 0.251 e. The second-order valence-corrected chi connectivity index (χ2v) is 7.24. The van der Waals surface area contributed by atoms with Crippen molar-refractivity contribution in [3.8, 4) is 5.75 Å². The SMILES string of the molecule is COc1cc(C(=O)NC2CCNCC2)ccc1Nc1ncc2cccc(C)c2n1. The molecule has 3 N–H and O–H groups in total. The van der Waals surface area contributed by atoms with Gasteiger partial charge < -0.3 is 20.7 Å². The number of anilines is 2. The standard InChI is InChI=1S/C22H25N5O2/c1-14-4-3-5-16-13-24-22(27-20(14)16)26-18-7-6-15(12-19(18)29-2)21(28)25-17-8-10-23-11-9-17/h3-7,12-13,17,23H,8-11H2,1-2H3,(H,25,28)(H,24,26,27). The van der Waals surface area contributed by atoms with Gasteiger partial charge in [0.05, 0.1) is 18.3 Å². The lowest BCUT2D eigenvalue weighted by molar-refractivity contribution is 0.0929. The van der Waals surface area contributed by atoms with Gasteiger partial charge in [0, 0.05) is 23.2 Å². The van der Waals surface area contributed by atoms with E-state index < -0.39 is 0 Å². The molecule has 0 unspecified atom stereocenters. The number of aryl methyl sites for hydroxylation is 1. The predicted molar refractivity (Wildman–Crippen MR) is 114 cm³/mol. The van der Waals surface area contributed by atoms with Crippen molar-refractivity contribution < 1.29 is 9.53 Å². The number of rotatable bonds is 5. The number of carbonyl (C=O) groups excluding carboxylic acids is 1. The van der Waals surface area contributed by atoms with Crippen molar-refractivity contribution in [2.24, 2.45) is 0 Å². The van der Waals surface area contributed by atoms with Crippen molar-refractivity contribution in [1.29, 1.82) is 0 Å². The first-order valence-corrected chi connectivity index (χ1v) is 9.83. The van der Waals surface area contributed by atoms with Crippen molar-refractivity contribution in [3.63, 3.8) is 0 Å². The fraction of sp³-hybridized carbons (Fsp3) is 0.318. The van der Waals surface area contributed by atoms with Crippen molar-refractivity contribution in [2.75, 3.05) is 25.5 Å². The van der Waals surface area contributed by atoms with Crippen LogP contribution >= 0.6 is 0 Å². The molecular weight excluding hydrogens is 366 g/mol. The number of ether oxygens (including phenoxy) is 1. The van der Waals surface area contributed by atoms with Crippen molar-refractivity contribution >= 4 is 28.4 Å². The maximum Gasteiger partial charge on any atom is 0.251 e. The molecule has 0 bridgehead atoms. The predicted octanol–water partition coefficient (Wildman–Crippen LogP) is 3.17. The Balaban J connectivity index is 1.53. The molecule has 0 saturated carbocycles. The second-order valence-electron chi connectivity index (χ2n) is 7.24. The molecule has 2 heterocycles. The van der Waals surface area contributed by atoms with Gasteiger partial charge in [0.25, 0.3) is 5.91 Å². The Kier molecular flexibility index (Phi) is 5.57. The van der Waals surface area contributed by atoms with E-state index in [9.17, 15) is 4.79 Å². The Morgan fingerprint density at radius 3 is 2.83 bits per heavy atom. The second kappa shape index (κ2) is 8.45. The average molecular weight is 391 g/mol. The first-order chi connectivity index (χ1) is 14.1. The molecule has 1 fully saturated rings. The first-order valence-electron chi connectivity index (χ1n) is 9.83. The number of nitrogens with zero attached hydrogens (tertiary/aromatic N) is 2. The van der Waals surface area contributed by atoms with Crippen molar-refractivity contribution in [1.82, 2.24) is 20.6 Å². The van der Waals surface area contributed by atoms with Gasteiger partial charge in [0.15, 0.2) is 0 Å². The Labute approximate surface area is 169 Å². The summed E-state index contributed by atoms with van der Waals surface area (Å²) in [4.78, 5) is 21.6. The summed E-state index contributed by atoms with van der Waals surface area (Å²) in [6.45, 7) is 3.89. The van der Waals surface area contributed by atoms with E-state index in [2.05, 4.69) is 25.9 Å². The molecule has 3 aromatic rings. The lowest BCUT2D eigenvalue weighted by atomic mass is 10.1. The summed E-state index contributed by atoms with van der Waals surface area (Å²) in [6, 6.07) is 11.6. The van der Waals surface area contributed by atoms with E-state index in [0.717, 1.165) is 42.4 Å². The number of piperidine rings is 1. The molecule has 1 saturated heterocycles. The van der Waals surface area contributed by atoms with E-state index in [0.29, 0.717) is 22.9 Å². The minimum absolute atomic E-state index is 0.0840. The third-order valence-electron chi connectivity index (χ3n) is 5.20. The van der Waals surface area contributed by atoms with Crippen LogP contribution in [0.15, 0.2) is 42.6 Å². The number of para-hydroxylation sites is 1. The first kappa shape index (κ1) is 19.1. The summed E-state index contributed by atoms with van der Waals surface area (Å²) in [6.07, 6.45) is 3.69. The summed E-state index contributed by atoms with van der Waals surface area (Å²) in [7, 11) is 1.58. The van der Waals surface area contributed by atoms with Gasteiger partial charge in [0.1, 0.15) is 5.75 Å². The van der Waals surface area contributed by atoms with Crippen molar-refractivity contribution in [2.45, 2.75) is 25.8 Å². The number of methoxy groups -OCH3 is 1. The fourth-order valence-electron chi connectivity index (χ4n) is 3.56. The molecule has 4 rings (SSSR count). The van der Waals surface area contributed by atoms with Crippen LogP contribution in [0.5, 0.6) is 5.75 Å². The van der Waals surface area contributed by atoms with Gasteiger partial charge in [-0.25, -0.2) is 9.97 Å². The largest absolute Gasteiger partial charge is 0.495 e. The highest BCUT2D eigenvalue weighted by Crippen LogP contribution is 2.28. The highest BCUT2D eigenvalue weighted by molar-refractivity contribution is 5.95. The summed E-state index contributed by atoms with van der Waals surface area (Å²) in [5, 5.41) is 10.6. The molecule has 0 radical (unpaired) electrons. The van der Waals surface area contributed by atoms with E-state index >= 15 is 0 Å². The lowest BCUT2D eigenvalue weighted by Gasteiger charge is -2.23. The number of hydrogen-bond donors (Lipinski definition) is 3. The van der Waals surface area contributed by atoms with Gasteiger partial charge >= 0.3 is 0 Å². The summed E-state index contributed by atoms with van der Waals surface area (Å²) in [5.41, 5.74) is 3.27. The normalized spacial score (nSPS) is 14.6. The number of nitrogens with one attached hydrogen (secondary N) is 3. The third kappa shape index (κ3) is 4.30. The van der Waals surface area contributed by atoms with E-state index in [1.54, 1.807) is 25.4 Å². The van der Waals surface area contributed by atoms with E-state index in [-0.39, 0.29) is 11.9 Å². The number of benzene rings is 2. The number of amides is 1. The summed E-state index contributed by atoms with van der Waals surface area (Å²) < 4.78 is 5.50. The van der Waals surface area contributed by atoms with Crippen LogP contribution in [0.1, 0.15) is 28.8 Å². The fourth-order valence-corrected chi connectivity index (χ4v) is 3.56. The molecule has 1 aliphatic rings. The Morgan fingerprint density at radius 2 is 2.03 bits per heavy atom. The number of aromatic nitrogens is 2. The number of carbonyl (C=O) groups is 1. The third-order valence-corrected chi connectivity index (χ3v) is 5.20. The molecule has 7 nitrogen and oxygen atoms in total. The molecule has 2 aromatic carbocycles. The van der Waals surface area contributed by atoms with Crippen LogP contribution in [-0.2, 0) is 0 Å². The van der Waals surface area contributed by atoms with Gasteiger partial charge in [-0.15, -0.1) is 0 Å². The van der Waals surface area contributed by atoms with Crippen LogP contribution in [0, 0.1) is 6.92 Å². The minimum atomic E-state index is -0.0840. The zero-order valence-electron chi connectivity index (χ0n) is 16.7. The van der Waals surface area contributed by atoms with Crippen LogP contribution < -0.4 is 20.7 Å². The summed E-state index contributed by atoms with van der Waals surface area (Å²) in [5.74, 6) is 0.966. The lowest BCUT2D eigenvalue weighted by Crippen LogP contribution is -2.42. The maximum atomic E-state index is 12.6. The molecule has 1 aromatic heterocycles. The Hall–Kier alpha value is -3.19. The Morgan fingerprint density at radius 1 is 1.21 bits per heavy atom. The molecule has 29 heavy (non-hydrogen) atoms. The Bertz CT molecular complexity index is 1030. The molecule has 0 atom stereocenters. The highest BCUT2D eigenvalue weighted by atomic mass is 16.5. The maximum absolute atomic E-state index is 12.6. The quantitative estimate of drug-likeness (QED) is 0.619. The van der Waals surface area contributed by atoms with Gasteiger partial charge in [-0.05, 0) is 56.6 Å². The van der Waals surface area contributed by atoms with Gasteiger partial charge in [0.2, 0.25) is 5.95 Å². The van der Waals surface area contributed by atoms with Crippen LogP contribution in [0.2, 0.25) is 0 Å². The highest BCUT2D eigenvalue weighted by Gasteiger charge is 2.17.